The normalized spacial score (nSPS) is 19.3. The van der Waals surface area contributed by atoms with Gasteiger partial charge in [-0.1, -0.05) is 11.6 Å². The fourth-order valence-electron chi connectivity index (χ4n) is 2.37. The van der Waals surface area contributed by atoms with Gasteiger partial charge in [-0.25, -0.2) is 0 Å². The SMILES string of the molecule is Cc1ccc2c(c1)C[N+](C)(C)CN2C. The average Bonchev–Trinajstić information content (AvgIpc) is 2.00. The topological polar surface area (TPSA) is 3.24 Å². The average molecular weight is 191 g/mol. The van der Waals surface area contributed by atoms with E-state index in [4.69, 9.17) is 0 Å². The molecule has 1 aromatic rings. The molecule has 1 aliphatic rings. The zero-order chi connectivity index (χ0) is 10.3. The summed E-state index contributed by atoms with van der Waals surface area (Å²) in [6.45, 7) is 4.40. The number of quaternary nitrogens is 1. The van der Waals surface area contributed by atoms with E-state index in [1.54, 1.807) is 0 Å². The molecule has 76 valence electrons. The number of nitrogens with zero attached hydrogens (tertiary/aromatic N) is 2. The summed E-state index contributed by atoms with van der Waals surface area (Å²) in [5.74, 6) is 0. The van der Waals surface area contributed by atoms with Crippen LogP contribution in [-0.4, -0.2) is 32.3 Å². The lowest BCUT2D eigenvalue weighted by Crippen LogP contribution is -2.50. The predicted molar refractivity (Wildman–Crippen MR) is 60.3 cm³/mol. The highest BCUT2D eigenvalue weighted by Crippen LogP contribution is 2.28. The van der Waals surface area contributed by atoms with Crippen LogP contribution in [0.5, 0.6) is 0 Å². The Morgan fingerprint density at radius 2 is 2.00 bits per heavy atom. The molecule has 1 aliphatic heterocycles. The van der Waals surface area contributed by atoms with Crippen LogP contribution in [0.3, 0.4) is 0 Å². The van der Waals surface area contributed by atoms with Gasteiger partial charge in [0.2, 0.25) is 0 Å². The van der Waals surface area contributed by atoms with E-state index < -0.39 is 0 Å². The Morgan fingerprint density at radius 1 is 1.29 bits per heavy atom. The molecule has 0 saturated heterocycles. The number of fused-ring (bicyclic) bond motifs is 1. The first-order valence-corrected chi connectivity index (χ1v) is 5.11. The van der Waals surface area contributed by atoms with Crippen molar-refractivity contribution in [3.8, 4) is 0 Å². The Hall–Kier alpha value is -1.02. The van der Waals surface area contributed by atoms with Crippen molar-refractivity contribution in [2.45, 2.75) is 13.5 Å². The summed E-state index contributed by atoms with van der Waals surface area (Å²) in [5, 5.41) is 0. The van der Waals surface area contributed by atoms with Crippen LogP contribution in [0, 0.1) is 6.92 Å². The van der Waals surface area contributed by atoms with E-state index in [1.165, 1.54) is 16.8 Å². The molecule has 2 heteroatoms. The summed E-state index contributed by atoms with van der Waals surface area (Å²) in [4.78, 5) is 2.35. The summed E-state index contributed by atoms with van der Waals surface area (Å²) in [6.07, 6.45) is 0. The summed E-state index contributed by atoms with van der Waals surface area (Å²) in [5.41, 5.74) is 4.23. The second kappa shape index (κ2) is 2.99. The molecule has 0 amide bonds. The maximum atomic E-state index is 2.35. The molecule has 0 aromatic heterocycles. The van der Waals surface area contributed by atoms with Crippen molar-refractivity contribution in [1.82, 2.24) is 0 Å². The zero-order valence-corrected chi connectivity index (χ0v) is 9.54. The molecule has 2 nitrogen and oxygen atoms in total. The van der Waals surface area contributed by atoms with Gasteiger partial charge in [0, 0.05) is 18.3 Å². The Balaban J connectivity index is 2.46. The van der Waals surface area contributed by atoms with E-state index in [0.717, 1.165) is 17.7 Å². The first kappa shape index (κ1) is 9.53. The largest absolute Gasteiger partial charge is 0.328 e. The number of anilines is 1. The van der Waals surface area contributed by atoms with Crippen molar-refractivity contribution in [2.75, 3.05) is 32.7 Å². The molecule has 0 bridgehead atoms. The van der Waals surface area contributed by atoms with Gasteiger partial charge in [-0.15, -0.1) is 0 Å². The van der Waals surface area contributed by atoms with Crippen molar-refractivity contribution in [3.63, 3.8) is 0 Å². The third-order valence-corrected chi connectivity index (χ3v) is 2.84. The molecule has 0 aliphatic carbocycles. The van der Waals surface area contributed by atoms with Gasteiger partial charge in [0.1, 0.15) is 6.54 Å². The van der Waals surface area contributed by atoms with Crippen LogP contribution in [-0.2, 0) is 6.54 Å². The lowest BCUT2D eigenvalue weighted by atomic mass is 10.1. The highest BCUT2D eigenvalue weighted by Gasteiger charge is 2.27. The van der Waals surface area contributed by atoms with Gasteiger partial charge in [-0.3, -0.25) is 0 Å². The molecule has 0 unspecified atom stereocenters. The molecule has 0 radical (unpaired) electrons. The number of hydrogen-bond donors (Lipinski definition) is 0. The Labute approximate surface area is 86.3 Å². The minimum atomic E-state index is 1.05. The molecule has 0 spiro atoms. The molecule has 0 fully saturated rings. The fourth-order valence-corrected chi connectivity index (χ4v) is 2.37. The van der Waals surface area contributed by atoms with Crippen LogP contribution in [0.4, 0.5) is 5.69 Å². The second-order valence-corrected chi connectivity index (χ2v) is 5.07. The standard InChI is InChI=1S/C12H19N2/c1-10-5-6-12-11(7-10)8-14(3,4)9-13(12)2/h5-7H,8-9H2,1-4H3/q+1. The van der Waals surface area contributed by atoms with Crippen LogP contribution < -0.4 is 4.90 Å². The van der Waals surface area contributed by atoms with E-state index in [1.807, 2.05) is 0 Å². The third-order valence-electron chi connectivity index (χ3n) is 2.84. The van der Waals surface area contributed by atoms with Crippen LogP contribution in [0.15, 0.2) is 18.2 Å². The lowest BCUT2D eigenvalue weighted by molar-refractivity contribution is -0.904. The highest BCUT2D eigenvalue weighted by molar-refractivity contribution is 5.54. The van der Waals surface area contributed by atoms with Crippen molar-refractivity contribution in [2.24, 2.45) is 0 Å². The summed E-state index contributed by atoms with van der Waals surface area (Å²) < 4.78 is 1.05. The molecule has 0 atom stereocenters. The first-order chi connectivity index (χ1) is 6.48. The Kier molecular flexibility index (Phi) is 2.04. The predicted octanol–water partition coefficient (Wildman–Crippen LogP) is 1.98. The van der Waals surface area contributed by atoms with E-state index in [-0.39, 0.29) is 0 Å². The number of aryl methyl sites for hydroxylation is 1. The second-order valence-electron chi connectivity index (χ2n) is 5.07. The molecule has 0 saturated carbocycles. The molecule has 0 N–H and O–H groups in total. The molecular formula is C12H19N2+. The number of benzene rings is 1. The van der Waals surface area contributed by atoms with E-state index in [9.17, 15) is 0 Å². The van der Waals surface area contributed by atoms with Gasteiger partial charge < -0.3 is 9.38 Å². The third kappa shape index (κ3) is 1.62. The minimum absolute atomic E-state index is 1.05. The van der Waals surface area contributed by atoms with Crippen molar-refractivity contribution >= 4 is 5.69 Å². The summed E-state index contributed by atoms with van der Waals surface area (Å²) in [6, 6.07) is 6.75. The van der Waals surface area contributed by atoms with E-state index in [2.05, 4.69) is 51.2 Å². The van der Waals surface area contributed by atoms with Crippen LogP contribution in [0.25, 0.3) is 0 Å². The van der Waals surface area contributed by atoms with Gasteiger partial charge >= 0.3 is 0 Å². The number of hydrogen-bond acceptors (Lipinski definition) is 1. The Morgan fingerprint density at radius 3 is 2.71 bits per heavy atom. The maximum Gasteiger partial charge on any atom is 0.154 e. The summed E-state index contributed by atoms with van der Waals surface area (Å²) in [7, 11) is 6.73. The molecule has 14 heavy (non-hydrogen) atoms. The van der Waals surface area contributed by atoms with Crippen LogP contribution in [0.1, 0.15) is 11.1 Å². The van der Waals surface area contributed by atoms with Gasteiger partial charge in [-0.2, -0.15) is 0 Å². The summed E-state index contributed by atoms with van der Waals surface area (Å²) >= 11 is 0. The molecular weight excluding hydrogens is 172 g/mol. The first-order valence-electron chi connectivity index (χ1n) is 5.11. The van der Waals surface area contributed by atoms with Crippen molar-refractivity contribution in [3.05, 3.63) is 29.3 Å². The van der Waals surface area contributed by atoms with Gasteiger partial charge in [0.25, 0.3) is 0 Å². The zero-order valence-electron chi connectivity index (χ0n) is 9.54. The monoisotopic (exact) mass is 191 g/mol. The van der Waals surface area contributed by atoms with Gasteiger partial charge in [0.05, 0.1) is 14.1 Å². The smallest absolute Gasteiger partial charge is 0.154 e. The van der Waals surface area contributed by atoms with Gasteiger partial charge in [0.15, 0.2) is 6.67 Å². The molecule has 1 aromatic carbocycles. The van der Waals surface area contributed by atoms with Crippen molar-refractivity contribution in [1.29, 1.82) is 0 Å². The highest BCUT2D eigenvalue weighted by atomic mass is 15.4. The van der Waals surface area contributed by atoms with E-state index >= 15 is 0 Å². The number of rotatable bonds is 0. The Bertz CT molecular complexity index is 355. The van der Waals surface area contributed by atoms with Gasteiger partial charge in [-0.05, 0) is 19.1 Å². The van der Waals surface area contributed by atoms with Crippen molar-refractivity contribution < 1.29 is 4.48 Å². The fraction of sp³-hybridized carbons (Fsp3) is 0.500. The van der Waals surface area contributed by atoms with E-state index in [0.29, 0.717) is 0 Å². The quantitative estimate of drug-likeness (QED) is 0.567. The van der Waals surface area contributed by atoms with Crippen LogP contribution in [0.2, 0.25) is 0 Å². The maximum absolute atomic E-state index is 2.35. The lowest BCUT2D eigenvalue weighted by Gasteiger charge is -2.40. The molecule has 1 heterocycles. The van der Waals surface area contributed by atoms with Crippen LogP contribution >= 0.6 is 0 Å². The molecule has 2 rings (SSSR count). The minimum Gasteiger partial charge on any atom is -0.328 e.